The Bertz CT molecular complexity index is 897. The van der Waals surface area contributed by atoms with Crippen LogP contribution in [0.2, 0.25) is 0 Å². The van der Waals surface area contributed by atoms with Crippen LogP contribution in [0.15, 0.2) is 33.9 Å². The van der Waals surface area contributed by atoms with Crippen LogP contribution in [0, 0.1) is 0 Å². The normalized spacial score (nSPS) is 14.6. The topological polar surface area (TPSA) is 80.8 Å². The second-order valence-electron chi connectivity index (χ2n) is 6.09. The quantitative estimate of drug-likeness (QED) is 0.547. The van der Waals surface area contributed by atoms with Gasteiger partial charge in [0.15, 0.2) is 0 Å². The Labute approximate surface area is 158 Å². The van der Waals surface area contributed by atoms with Gasteiger partial charge in [0.2, 0.25) is 18.3 Å². The molecule has 0 unspecified atom stereocenters. The van der Waals surface area contributed by atoms with E-state index in [0.29, 0.717) is 11.3 Å². The standard InChI is InChI=1S/C16H12F6N4O3/c17-15(18,19)8-28-24-11-6-26(7-11)12(27)5-9-1-3-10(4-2-9)13-23-14(29-25-13)16(20,21)22/h1-4H,5-8H2. The minimum Gasteiger partial charge on any atom is -0.386 e. The van der Waals surface area contributed by atoms with Crippen LogP contribution < -0.4 is 0 Å². The Morgan fingerprint density at radius 3 is 2.34 bits per heavy atom. The number of benzene rings is 1. The fourth-order valence-corrected chi connectivity index (χ4v) is 2.34. The molecule has 1 saturated heterocycles. The molecule has 7 nitrogen and oxygen atoms in total. The number of carbonyl (C=O) groups excluding carboxylic acids is 1. The molecule has 13 heteroatoms. The third-order valence-corrected chi connectivity index (χ3v) is 3.76. The van der Waals surface area contributed by atoms with E-state index >= 15 is 0 Å². The van der Waals surface area contributed by atoms with Crippen molar-refractivity contribution in [1.82, 2.24) is 15.0 Å². The SMILES string of the molecule is O=C(Cc1ccc(-c2noc(C(F)(F)F)n2)cc1)N1CC(=NOCC(F)(F)F)C1. The van der Waals surface area contributed by atoms with E-state index in [-0.39, 0.29) is 36.8 Å². The lowest BCUT2D eigenvalue weighted by Crippen LogP contribution is -2.51. The average molecular weight is 422 g/mol. The molecule has 0 atom stereocenters. The summed E-state index contributed by atoms with van der Waals surface area (Å²) < 4.78 is 77.4. The fourth-order valence-electron chi connectivity index (χ4n) is 2.34. The van der Waals surface area contributed by atoms with E-state index in [1.807, 2.05) is 0 Å². The predicted octanol–water partition coefficient (Wildman–Crippen LogP) is 3.08. The summed E-state index contributed by atoms with van der Waals surface area (Å²) in [7, 11) is 0. The minimum absolute atomic E-state index is 0.00296. The summed E-state index contributed by atoms with van der Waals surface area (Å²) in [6.07, 6.45) is -9.23. The highest BCUT2D eigenvalue weighted by Gasteiger charge is 2.38. The molecule has 29 heavy (non-hydrogen) atoms. The van der Waals surface area contributed by atoms with Gasteiger partial charge in [-0.2, -0.15) is 31.3 Å². The van der Waals surface area contributed by atoms with Crippen molar-refractivity contribution >= 4 is 11.6 Å². The molecule has 0 spiro atoms. The van der Waals surface area contributed by atoms with Gasteiger partial charge in [0, 0.05) is 5.56 Å². The predicted molar refractivity (Wildman–Crippen MR) is 84.5 cm³/mol. The molecular formula is C16H12F6N4O3. The summed E-state index contributed by atoms with van der Waals surface area (Å²) in [4.78, 5) is 20.9. The molecule has 0 bridgehead atoms. The lowest BCUT2D eigenvalue weighted by molar-refractivity contribution is -0.174. The molecule has 1 aliphatic rings. The first kappa shape index (κ1) is 20.6. The second kappa shape index (κ2) is 7.72. The highest BCUT2D eigenvalue weighted by atomic mass is 19.4. The van der Waals surface area contributed by atoms with Gasteiger partial charge in [0.1, 0.15) is 0 Å². The molecule has 0 N–H and O–H groups in total. The third kappa shape index (κ3) is 5.45. The lowest BCUT2D eigenvalue weighted by Gasteiger charge is -2.32. The summed E-state index contributed by atoms with van der Waals surface area (Å²) in [5, 5.41) is 6.58. The molecule has 0 aliphatic carbocycles. The Hall–Kier alpha value is -3.12. The van der Waals surface area contributed by atoms with E-state index in [2.05, 4.69) is 24.7 Å². The molecule has 1 aromatic carbocycles. The maximum absolute atomic E-state index is 12.5. The first-order valence-corrected chi connectivity index (χ1v) is 8.04. The van der Waals surface area contributed by atoms with E-state index in [1.54, 1.807) is 0 Å². The summed E-state index contributed by atoms with van der Waals surface area (Å²) in [6, 6.07) is 5.94. The summed E-state index contributed by atoms with van der Waals surface area (Å²) in [6.45, 7) is -1.36. The van der Waals surface area contributed by atoms with Crippen LogP contribution in [0.4, 0.5) is 26.3 Å². The van der Waals surface area contributed by atoms with Crippen LogP contribution in [0.3, 0.4) is 0 Å². The van der Waals surface area contributed by atoms with Gasteiger partial charge in [-0.1, -0.05) is 34.6 Å². The maximum atomic E-state index is 12.5. The zero-order valence-corrected chi connectivity index (χ0v) is 14.4. The Balaban J connectivity index is 1.51. The summed E-state index contributed by atoms with van der Waals surface area (Å²) in [5.74, 6) is -1.98. The van der Waals surface area contributed by atoms with Crippen molar-refractivity contribution in [1.29, 1.82) is 0 Å². The average Bonchev–Trinajstić information content (AvgIpc) is 3.07. The van der Waals surface area contributed by atoms with Gasteiger partial charge in [-0.3, -0.25) is 4.79 Å². The van der Waals surface area contributed by atoms with Crippen molar-refractivity contribution < 1.29 is 40.5 Å². The number of amides is 1. The minimum atomic E-state index is -4.74. The van der Waals surface area contributed by atoms with Gasteiger partial charge >= 0.3 is 18.2 Å². The third-order valence-electron chi connectivity index (χ3n) is 3.76. The largest absolute Gasteiger partial charge is 0.471 e. The van der Waals surface area contributed by atoms with Crippen LogP contribution >= 0.6 is 0 Å². The van der Waals surface area contributed by atoms with E-state index in [9.17, 15) is 31.1 Å². The van der Waals surface area contributed by atoms with Crippen LogP contribution in [0.1, 0.15) is 11.5 Å². The summed E-state index contributed by atoms with van der Waals surface area (Å²) >= 11 is 0. The van der Waals surface area contributed by atoms with Crippen molar-refractivity contribution in [3.05, 3.63) is 35.7 Å². The lowest BCUT2D eigenvalue weighted by atomic mass is 10.1. The van der Waals surface area contributed by atoms with Crippen molar-refractivity contribution in [2.45, 2.75) is 18.8 Å². The second-order valence-corrected chi connectivity index (χ2v) is 6.09. The molecular weight excluding hydrogens is 410 g/mol. The van der Waals surface area contributed by atoms with E-state index in [4.69, 9.17) is 0 Å². The van der Waals surface area contributed by atoms with Gasteiger partial charge in [0.25, 0.3) is 0 Å². The van der Waals surface area contributed by atoms with Crippen LogP contribution in [0.25, 0.3) is 11.4 Å². The van der Waals surface area contributed by atoms with E-state index in [1.165, 1.54) is 29.2 Å². The van der Waals surface area contributed by atoms with Gasteiger partial charge in [0.05, 0.1) is 25.2 Å². The number of nitrogens with zero attached hydrogens (tertiary/aromatic N) is 4. The molecule has 1 fully saturated rings. The Morgan fingerprint density at radius 2 is 1.79 bits per heavy atom. The molecule has 3 rings (SSSR count). The molecule has 1 amide bonds. The Morgan fingerprint density at radius 1 is 1.14 bits per heavy atom. The number of hydrogen-bond donors (Lipinski definition) is 0. The number of rotatable bonds is 5. The van der Waals surface area contributed by atoms with Crippen LogP contribution in [0.5, 0.6) is 0 Å². The van der Waals surface area contributed by atoms with Gasteiger partial charge < -0.3 is 14.3 Å². The molecule has 1 aliphatic heterocycles. The van der Waals surface area contributed by atoms with Gasteiger partial charge in [-0.05, 0) is 5.56 Å². The molecule has 2 heterocycles. The van der Waals surface area contributed by atoms with E-state index in [0.717, 1.165) is 0 Å². The molecule has 2 aromatic rings. The zero-order valence-electron chi connectivity index (χ0n) is 14.4. The molecule has 1 aromatic heterocycles. The smallest absolute Gasteiger partial charge is 0.386 e. The van der Waals surface area contributed by atoms with Gasteiger partial charge in [-0.15, -0.1) is 0 Å². The van der Waals surface area contributed by atoms with E-state index < -0.39 is 24.9 Å². The number of oxime groups is 1. The first-order chi connectivity index (χ1) is 13.5. The number of hydrogen-bond acceptors (Lipinski definition) is 6. The fraction of sp³-hybridized carbons (Fsp3) is 0.375. The number of halogens is 6. The highest BCUT2D eigenvalue weighted by molar-refractivity contribution is 5.99. The van der Waals surface area contributed by atoms with Crippen LogP contribution in [-0.4, -0.2) is 52.5 Å². The Kier molecular flexibility index (Phi) is 5.48. The van der Waals surface area contributed by atoms with Crippen LogP contribution in [-0.2, 0) is 22.2 Å². The first-order valence-electron chi connectivity index (χ1n) is 8.04. The zero-order chi connectivity index (χ0) is 21.2. The van der Waals surface area contributed by atoms with Crippen molar-refractivity contribution in [3.8, 4) is 11.4 Å². The number of alkyl halides is 6. The van der Waals surface area contributed by atoms with Crippen molar-refractivity contribution in [3.63, 3.8) is 0 Å². The molecule has 0 saturated carbocycles. The maximum Gasteiger partial charge on any atom is 0.471 e. The van der Waals surface area contributed by atoms with Crippen molar-refractivity contribution in [2.24, 2.45) is 5.16 Å². The summed E-state index contributed by atoms with van der Waals surface area (Å²) in [5.41, 5.74) is 1.17. The number of likely N-dealkylation sites (tertiary alicyclic amines) is 1. The molecule has 0 radical (unpaired) electrons. The number of aromatic nitrogens is 2. The molecule has 156 valence electrons. The van der Waals surface area contributed by atoms with Gasteiger partial charge in [-0.25, -0.2) is 0 Å². The highest BCUT2D eigenvalue weighted by Crippen LogP contribution is 2.29. The number of carbonyl (C=O) groups is 1. The monoisotopic (exact) mass is 422 g/mol. The van der Waals surface area contributed by atoms with Crippen molar-refractivity contribution in [2.75, 3.05) is 19.7 Å².